The van der Waals surface area contributed by atoms with Gasteiger partial charge in [0.15, 0.2) is 0 Å². The molecule has 0 saturated carbocycles. The van der Waals surface area contributed by atoms with Crippen LogP contribution in [0.5, 0.6) is 0 Å². The molecule has 0 radical (unpaired) electrons. The predicted octanol–water partition coefficient (Wildman–Crippen LogP) is 2.99. The van der Waals surface area contributed by atoms with Crippen molar-refractivity contribution in [3.8, 4) is 0 Å². The van der Waals surface area contributed by atoms with E-state index in [4.69, 9.17) is 4.74 Å². The van der Waals surface area contributed by atoms with Gasteiger partial charge in [0, 0.05) is 5.92 Å². The molecule has 1 aliphatic carbocycles. The van der Waals surface area contributed by atoms with Gasteiger partial charge in [0.05, 0.1) is 26.7 Å². The molecule has 2 nitrogen and oxygen atoms in total. The highest BCUT2D eigenvalue weighted by molar-refractivity contribution is 5.12. The van der Waals surface area contributed by atoms with Gasteiger partial charge in [-0.15, -0.1) is 0 Å². The highest BCUT2D eigenvalue weighted by Crippen LogP contribution is 2.38. The number of nitrogens with zero attached hydrogens (tertiary/aromatic N) is 1. The van der Waals surface area contributed by atoms with E-state index in [1.165, 1.54) is 56.2 Å². The molecule has 0 aromatic rings. The number of likely N-dealkylation sites (N-methyl/N-ethyl adjacent to an activating group) is 1. The number of hydrogen-bond acceptors (Lipinski definition) is 1. The Labute approximate surface area is 112 Å². The summed E-state index contributed by atoms with van der Waals surface area (Å²) in [6.45, 7) is 7.28. The van der Waals surface area contributed by atoms with Crippen LogP contribution < -0.4 is 0 Å². The number of ether oxygens (including phenoxy) is 1. The average molecular weight is 250 g/mol. The third-order valence-electron chi connectivity index (χ3n) is 5.46. The lowest BCUT2D eigenvalue weighted by Gasteiger charge is -2.45. The van der Waals surface area contributed by atoms with Gasteiger partial charge in [0.1, 0.15) is 12.6 Å². The topological polar surface area (TPSA) is 9.23 Å². The number of rotatable bonds is 2. The van der Waals surface area contributed by atoms with Crippen molar-refractivity contribution in [2.24, 2.45) is 11.8 Å². The SMILES string of the molecule is CC1=CC[C@@H]2COC(C[N+]3(C)CCCCC3)[C@H]1C2. The monoisotopic (exact) mass is 250 g/mol. The van der Waals surface area contributed by atoms with E-state index in [-0.39, 0.29) is 0 Å². The molecule has 18 heavy (non-hydrogen) atoms. The molecular weight excluding hydrogens is 222 g/mol. The highest BCUT2D eigenvalue weighted by Gasteiger charge is 2.39. The van der Waals surface area contributed by atoms with Gasteiger partial charge >= 0.3 is 0 Å². The van der Waals surface area contributed by atoms with Gasteiger partial charge in [-0.1, -0.05) is 11.6 Å². The van der Waals surface area contributed by atoms with Crippen LogP contribution >= 0.6 is 0 Å². The minimum Gasteiger partial charge on any atom is -0.371 e. The number of allylic oxidation sites excluding steroid dienone is 1. The maximum absolute atomic E-state index is 6.23. The molecule has 2 fully saturated rings. The summed E-state index contributed by atoms with van der Waals surface area (Å²) in [4.78, 5) is 0. The van der Waals surface area contributed by atoms with Gasteiger partial charge in [0.2, 0.25) is 0 Å². The van der Waals surface area contributed by atoms with Gasteiger partial charge in [0.25, 0.3) is 0 Å². The van der Waals surface area contributed by atoms with Crippen molar-refractivity contribution in [2.75, 3.05) is 33.3 Å². The Hall–Kier alpha value is -0.340. The minimum atomic E-state index is 0.487. The minimum absolute atomic E-state index is 0.487. The van der Waals surface area contributed by atoms with Crippen molar-refractivity contribution >= 4 is 0 Å². The number of likely N-dealkylation sites (tertiary alicyclic amines) is 1. The first-order chi connectivity index (χ1) is 8.66. The number of hydrogen-bond donors (Lipinski definition) is 0. The molecule has 2 heterocycles. The van der Waals surface area contributed by atoms with E-state index >= 15 is 0 Å². The van der Waals surface area contributed by atoms with Crippen molar-refractivity contribution < 1.29 is 9.22 Å². The lowest BCUT2D eigenvalue weighted by atomic mass is 9.76. The normalized spacial score (nSPS) is 39.2. The van der Waals surface area contributed by atoms with Gasteiger partial charge in [-0.2, -0.15) is 0 Å². The molecule has 0 amide bonds. The first-order valence-electron chi connectivity index (χ1n) is 7.78. The zero-order valence-electron chi connectivity index (χ0n) is 12.0. The summed E-state index contributed by atoms with van der Waals surface area (Å²) >= 11 is 0. The molecule has 2 heteroatoms. The van der Waals surface area contributed by atoms with E-state index in [0.717, 1.165) is 18.4 Å². The zero-order chi connectivity index (χ0) is 12.6. The van der Waals surface area contributed by atoms with Crippen LogP contribution in [-0.4, -0.2) is 43.9 Å². The summed E-state index contributed by atoms with van der Waals surface area (Å²) in [6, 6.07) is 0. The smallest absolute Gasteiger partial charge is 0.113 e. The Bertz CT molecular complexity index is 330. The molecule has 0 aromatic heterocycles. The molecule has 3 rings (SSSR count). The summed E-state index contributed by atoms with van der Waals surface area (Å²) in [5.74, 6) is 1.52. The summed E-state index contributed by atoms with van der Waals surface area (Å²) in [7, 11) is 2.44. The fourth-order valence-electron chi connectivity index (χ4n) is 4.17. The first-order valence-corrected chi connectivity index (χ1v) is 7.78. The Balaban J connectivity index is 1.68. The van der Waals surface area contributed by atoms with Crippen molar-refractivity contribution in [3.05, 3.63) is 11.6 Å². The molecule has 0 N–H and O–H groups in total. The first kappa shape index (κ1) is 12.7. The summed E-state index contributed by atoms with van der Waals surface area (Å²) in [6.07, 6.45) is 9.85. The molecule has 3 aliphatic rings. The van der Waals surface area contributed by atoms with Crippen LogP contribution in [0.4, 0.5) is 0 Å². The third kappa shape index (κ3) is 2.50. The van der Waals surface area contributed by atoms with Crippen LogP contribution in [0, 0.1) is 11.8 Å². The average Bonchev–Trinajstić information content (AvgIpc) is 2.37. The van der Waals surface area contributed by atoms with Gasteiger partial charge in [-0.05, 0) is 44.9 Å². The Morgan fingerprint density at radius 1 is 1.28 bits per heavy atom. The number of piperidine rings is 1. The lowest BCUT2D eigenvalue weighted by Crippen LogP contribution is -2.55. The zero-order valence-corrected chi connectivity index (χ0v) is 12.0. The maximum Gasteiger partial charge on any atom is 0.113 e. The summed E-state index contributed by atoms with van der Waals surface area (Å²) in [5.41, 5.74) is 1.60. The van der Waals surface area contributed by atoms with Crippen LogP contribution in [0.2, 0.25) is 0 Å². The molecule has 2 saturated heterocycles. The van der Waals surface area contributed by atoms with E-state index in [9.17, 15) is 0 Å². The van der Waals surface area contributed by atoms with Crippen LogP contribution in [-0.2, 0) is 4.74 Å². The standard InChI is InChI=1S/C16H28NO/c1-13-6-7-14-10-15(13)16(18-12-14)11-17(2)8-4-3-5-9-17/h6,14-16H,3-5,7-12H2,1-2H3/q+1/t14-,15-,16?/m0/s1. The third-order valence-corrected chi connectivity index (χ3v) is 5.46. The van der Waals surface area contributed by atoms with E-state index < -0.39 is 0 Å². The van der Waals surface area contributed by atoms with Crippen LogP contribution in [0.1, 0.15) is 39.0 Å². The van der Waals surface area contributed by atoms with Crippen LogP contribution in [0.3, 0.4) is 0 Å². The fourth-order valence-corrected chi connectivity index (χ4v) is 4.17. The van der Waals surface area contributed by atoms with Crippen molar-refractivity contribution in [2.45, 2.75) is 45.1 Å². The molecule has 3 atom stereocenters. The molecule has 0 aromatic carbocycles. The summed E-state index contributed by atoms with van der Waals surface area (Å²) in [5, 5.41) is 0. The Kier molecular flexibility index (Phi) is 3.50. The molecular formula is C16H28NO+. The number of quaternary nitrogens is 1. The van der Waals surface area contributed by atoms with E-state index in [1.54, 1.807) is 5.57 Å². The van der Waals surface area contributed by atoms with Crippen molar-refractivity contribution in [1.82, 2.24) is 0 Å². The molecule has 1 unspecified atom stereocenters. The molecule has 2 bridgehead atoms. The van der Waals surface area contributed by atoms with Crippen LogP contribution in [0.15, 0.2) is 11.6 Å². The van der Waals surface area contributed by atoms with Gasteiger partial charge in [-0.25, -0.2) is 0 Å². The van der Waals surface area contributed by atoms with E-state index in [1.807, 2.05) is 0 Å². The van der Waals surface area contributed by atoms with Crippen LogP contribution in [0.25, 0.3) is 0 Å². The Morgan fingerprint density at radius 3 is 2.83 bits per heavy atom. The second kappa shape index (κ2) is 4.97. The van der Waals surface area contributed by atoms with E-state index in [2.05, 4.69) is 20.0 Å². The van der Waals surface area contributed by atoms with Gasteiger partial charge in [-0.3, -0.25) is 0 Å². The Morgan fingerprint density at radius 2 is 2.06 bits per heavy atom. The maximum atomic E-state index is 6.23. The number of fused-ring (bicyclic) bond motifs is 2. The van der Waals surface area contributed by atoms with Crippen molar-refractivity contribution in [3.63, 3.8) is 0 Å². The molecule has 0 spiro atoms. The van der Waals surface area contributed by atoms with E-state index in [0.29, 0.717) is 6.10 Å². The van der Waals surface area contributed by atoms with Gasteiger partial charge < -0.3 is 9.22 Å². The second-order valence-electron chi connectivity index (χ2n) is 7.07. The fraction of sp³-hybridized carbons (Fsp3) is 0.875. The second-order valence-corrected chi connectivity index (χ2v) is 7.07. The lowest BCUT2D eigenvalue weighted by molar-refractivity contribution is -0.917. The molecule has 102 valence electrons. The molecule has 2 aliphatic heterocycles. The predicted molar refractivity (Wildman–Crippen MR) is 74.3 cm³/mol. The van der Waals surface area contributed by atoms with Crippen molar-refractivity contribution in [1.29, 1.82) is 0 Å². The largest absolute Gasteiger partial charge is 0.371 e. The highest BCUT2D eigenvalue weighted by atomic mass is 16.5. The quantitative estimate of drug-likeness (QED) is 0.541. The summed E-state index contributed by atoms with van der Waals surface area (Å²) < 4.78 is 7.48.